The van der Waals surface area contributed by atoms with Crippen LogP contribution in [0.2, 0.25) is 0 Å². The van der Waals surface area contributed by atoms with E-state index in [-0.39, 0.29) is 54.8 Å². The van der Waals surface area contributed by atoms with Crippen molar-refractivity contribution in [2.75, 3.05) is 86.7 Å². The van der Waals surface area contributed by atoms with E-state index < -0.39 is 21.6 Å². The lowest BCUT2D eigenvalue weighted by molar-refractivity contribution is -0.122. The van der Waals surface area contributed by atoms with Gasteiger partial charge in [-0.2, -0.15) is 4.98 Å². The summed E-state index contributed by atoms with van der Waals surface area (Å²) in [5.41, 5.74) is 1.33. The van der Waals surface area contributed by atoms with E-state index in [2.05, 4.69) is 46.7 Å². The summed E-state index contributed by atoms with van der Waals surface area (Å²) in [6.45, 7) is 3.53. The molecule has 15 nitrogen and oxygen atoms in total. The predicted molar refractivity (Wildman–Crippen MR) is 194 cm³/mol. The molecule has 1 amide bonds. The summed E-state index contributed by atoms with van der Waals surface area (Å²) in [6.07, 6.45) is 4.38. The minimum absolute atomic E-state index is 0.0143. The standard InChI is InChI=1S/C32H44BrFN8O7S/c1-6-42(50(5,46)47)25-16-27(44)22(34)14-23(25)37-31-21(33)18-35-32(39-31)38-24-15-29(49-13-7-12-43)26(17-28(24)48-4)41-10-8-20(9-11-41)36-30(45)19-40(2)3/h14-18,20,43-44H,6-13,19H2,1-5H3,(H,36,45)(H2,35,37,38,39). The first-order valence-corrected chi connectivity index (χ1v) is 18.6. The van der Waals surface area contributed by atoms with E-state index in [4.69, 9.17) is 9.47 Å². The fraction of sp³-hybridized carbons (Fsp3) is 0.469. The van der Waals surface area contributed by atoms with Crippen LogP contribution < -0.4 is 34.6 Å². The highest BCUT2D eigenvalue weighted by molar-refractivity contribution is 9.10. The number of aromatic nitrogens is 2. The van der Waals surface area contributed by atoms with Crippen molar-refractivity contribution in [2.45, 2.75) is 32.2 Å². The van der Waals surface area contributed by atoms with Gasteiger partial charge < -0.3 is 45.4 Å². The maximum Gasteiger partial charge on any atom is 0.234 e. The Morgan fingerprint density at radius 1 is 1.14 bits per heavy atom. The third-order valence-corrected chi connectivity index (χ3v) is 9.60. The van der Waals surface area contributed by atoms with E-state index in [0.717, 1.165) is 41.2 Å². The number of aliphatic hydroxyl groups is 1. The van der Waals surface area contributed by atoms with Crippen LogP contribution in [-0.4, -0.2) is 112 Å². The molecular formula is C32H44BrFN8O7S. The highest BCUT2D eigenvalue weighted by Crippen LogP contribution is 2.41. The van der Waals surface area contributed by atoms with Gasteiger partial charge in [-0.05, 0) is 49.8 Å². The summed E-state index contributed by atoms with van der Waals surface area (Å²) < 4.78 is 52.8. The van der Waals surface area contributed by atoms with Crippen molar-refractivity contribution in [2.24, 2.45) is 0 Å². The summed E-state index contributed by atoms with van der Waals surface area (Å²) in [4.78, 5) is 25.2. The number of aliphatic hydroxyl groups excluding tert-OH is 1. The quantitative estimate of drug-likeness (QED) is 0.105. The van der Waals surface area contributed by atoms with Crippen LogP contribution in [0.5, 0.6) is 17.2 Å². The van der Waals surface area contributed by atoms with Crippen molar-refractivity contribution in [3.05, 3.63) is 40.8 Å². The maximum absolute atomic E-state index is 14.5. The molecule has 0 spiro atoms. The second kappa shape index (κ2) is 17.2. The van der Waals surface area contributed by atoms with Gasteiger partial charge in [0, 0.05) is 69.2 Å². The molecule has 0 unspecified atom stereocenters. The summed E-state index contributed by atoms with van der Waals surface area (Å²) in [5.74, 6) is -0.382. The Hall–Kier alpha value is -4.13. The van der Waals surface area contributed by atoms with Crippen LogP contribution in [0.3, 0.4) is 0 Å². The van der Waals surface area contributed by atoms with Gasteiger partial charge in [-0.1, -0.05) is 0 Å². The van der Waals surface area contributed by atoms with Crippen LogP contribution >= 0.6 is 15.9 Å². The molecule has 1 aliphatic rings. The molecule has 2 heterocycles. The van der Waals surface area contributed by atoms with Crippen molar-refractivity contribution in [1.82, 2.24) is 20.2 Å². The van der Waals surface area contributed by atoms with Crippen molar-refractivity contribution < 1.29 is 37.3 Å². The summed E-state index contributed by atoms with van der Waals surface area (Å²) in [7, 11) is 1.46. The number of halogens is 2. The number of nitrogens with zero attached hydrogens (tertiary/aromatic N) is 5. The van der Waals surface area contributed by atoms with Crippen molar-refractivity contribution in [3.8, 4) is 17.2 Å². The SMILES string of the molecule is CCN(c1cc(O)c(F)cc1Nc1nc(Nc2cc(OCCCO)c(N3CCC(NC(=O)CN(C)C)CC3)cc2OC)ncc1Br)S(C)(=O)=O. The Morgan fingerprint density at radius 3 is 2.48 bits per heavy atom. The van der Waals surface area contributed by atoms with Crippen LogP contribution in [0.25, 0.3) is 0 Å². The molecule has 5 N–H and O–H groups in total. The van der Waals surface area contributed by atoms with Crippen LogP contribution in [0.15, 0.2) is 34.9 Å². The van der Waals surface area contributed by atoms with E-state index >= 15 is 0 Å². The molecule has 274 valence electrons. The fourth-order valence-corrected chi connectivity index (χ4v) is 6.72. The van der Waals surface area contributed by atoms with Gasteiger partial charge in [0.1, 0.15) is 17.3 Å². The molecule has 0 radical (unpaired) electrons. The molecular weight excluding hydrogens is 739 g/mol. The van der Waals surface area contributed by atoms with Crippen LogP contribution in [-0.2, 0) is 14.8 Å². The third kappa shape index (κ3) is 9.98. The fourth-order valence-electron chi connectivity index (χ4n) is 5.45. The van der Waals surface area contributed by atoms with Gasteiger partial charge in [-0.3, -0.25) is 9.10 Å². The number of rotatable bonds is 16. The Kier molecular flexibility index (Phi) is 13.3. The Morgan fingerprint density at radius 2 is 1.86 bits per heavy atom. The Bertz CT molecular complexity index is 1760. The van der Waals surface area contributed by atoms with Gasteiger partial charge in [-0.15, -0.1) is 0 Å². The number of carbonyl (C=O) groups excluding carboxylic acids is 1. The monoisotopic (exact) mass is 782 g/mol. The number of piperidine rings is 1. The summed E-state index contributed by atoms with van der Waals surface area (Å²) in [6, 6.07) is 5.68. The highest BCUT2D eigenvalue weighted by Gasteiger charge is 2.26. The Labute approximate surface area is 300 Å². The number of methoxy groups -OCH3 is 1. The van der Waals surface area contributed by atoms with Crippen molar-refractivity contribution in [3.63, 3.8) is 0 Å². The number of hydrogen-bond donors (Lipinski definition) is 5. The molecule has 0 atom stereocenters. The van der Waals surface area contributed by atoms with Crippen molar-refractivity contribution >= 4 is 66.4 Å². The average molecular weight is 784 g/mol. The number of likely N-dealkylation sites (N-methyl/N-ethyl adjacent to an activating group) is 1. The van der Waals surface area contributed by atoms with Gasteiger partial charge in [0.15, 0.2) is 11.6 Å². The van der Waals surface area contributed by atoms with Gasteiger partial charge in [-0.25, -0.2) is 17.8 Å². The molecule has 1 aromatic heterocycles. The number of ether oxygens (including phenoxy) is 2. The molecule has 1 aliphatic heterocycles. The maximum atomic E-state index is 14.5. The van der Waals surface area contributed by atoms with E-state index in [1.165, 1.54) is 13.3 Å². The minimum atomic E-state index is -3.77. The average Bonchev–Trinajstić information content (AvgIpc) is 3.04. The van der Waals surface area contributed by atoms with Crippen LogP contribution in [0, 0.1) is 5.82 Å². The highest BCUT2D eigenvalue weighted by atomic mass is 79.9. The van der Waals surface area contributed by atoms with Crippen LogP contribution in [0.4, 0.5) is 38.9 Å². The molecule has 0 saturated carbocycles. The zero-order valence-electron chi connectivity index (χ0n) is 28.7. The van der Waals surface area contributed by atoms with E-state index in [9.17, 15) is 27.8 Å². The Balaban J connectivity index is 1.62. The molecule has 4 rings (SSSR count). The number of phenols is 1. The number of phenolic OH excluding ortho intramolecular Hbond substituents is 1. The third-order valence-electron chi connectivity index (χ3n) is 7.77. The minimum Gasteiger partial charge on any atom is -0.505 e. The molecule has 50 heavy (non-hydrogen) atoms. The number of aromatic hydroxyl groups is 1. The molecule has 1 saturated heterocycles. The van der Waals surface area contributed by atoms with E-state index in [1.54, 1.807) is 13.0 Å². The first-order valence-electron chi connectivity index (χ1n) is 16.0. The first kappa shape index (κ1) is 38.7. The zero-order valence-corrected chi connectivity index (χ0v) is 31.1. The lowest BCUT2D eigenvalue weighted by atomic mass is 10.0. The molecule has 0 aliphatic carbocycles. The van der Waals surface area contributed by atoms with Crippen molar-refractivity contribution in [1.29, 1.82) is 0 Å². The predicted octanol–water partition coefficient (Wildman–Crippen LogP) is 3.77. The molecule has 3 aromatic rings. The number of nitrogens with one attached hydrogen (secondary N) is 3. The van der Waals surface area contributed by atoms with Gasteiger partial charge in [0.2, 0.25) is 21.9 Å². The van der Waals surface area contributed by atoms with E-state index in [1.807, 2.05) is 25.1 Å². The molecule has 1 fully saturated rings. The number of amides is 1. The van der Waals surface area contributed by atoms with Gasteiger partial charge in [0.05, 0.1) is 53.7 Å². The molecule has 2 aromatic carbocycles. The smallest absolute Gasteiger partial charge is 0.234 e. The number of benzene rings is 2. The largest absolute Gasteiger partial charge is 0.505 e. The number of hydrogen-bond acceptors (Lipinski definition) is 13. The molecule has 0 bridgehead atoms. The number of anilines is 6. The summed E-state index contributed by atoms with van der Waals surface area (Å²) >= 11 is 3.39. The summed E-state index contributed by atoms with van der Waals surface area (Å²) in [5, 5.41) is 28.6. The lowest BCUT2D eigenvalue weighted by Gasteiger charge is -2.35. The lowest BCUT2D eigenvalue weighted by Crippen LogP contribution is -2.46. The topological polar surface area (TPSA) is 182 Å². The first-order chi connectivity index (χ1) is 23.7. The van der Waals surface area contributed by atoms with Gasteiger partial charge >= 0.3 is 0 Å². The number of carbonyl (C=O) groups is 1. The second-order valence-electron chi connectivity index (χ2n) is 11.9. The normalized spacial score (nSPS) is 13.7. The van der Waals surface area contributed by atoms with Gasteiger partial charge in [0.25, 0.3) is 0 Å². The zero-order chi connectivity index (χ0) is 36.6. The second-order valence-corrected chi connectivity index (χ2v) is 14.7. The molecule has 18 heteroatoms. The van der Waals surface area contributed by atoms with E-state index in [0.29, 0.717) is 47.7 Å². The van der Waals surface area contributed by atoms with Crippen LogP contribution in [0.1, 0.15) is 26.2 Å². The number of sulfonamides is 1.